The summed E-state index contributed by atoms with van der Waals surface area (Å²) < 4.78 is 6.87. The van der Waals surface area contributed by atoms with Gasteiger partial charge in [-0.15, -0.1) is 0 Å². The Morgan fingerprint density at radius 2 is 2.44 bits per heavy atom. The summed E-state index contributed by atoms with van der Waals surface area (Å²) in [5, 5.41) is 0.700. The molecule has 0 fully saturated rings. The Balaban J connectivity index is 2.98. The normalized spacial score (nSPS) is 9.67. The van der Waals surface area contributed by atoms with Crippen molar-refractivity contribution in [2.24, 2.45) is 0 Å². The average Bonchev–Trinajstić information content (AvgIpc) is 2.13. The molecule has 0 aliphatic heterocycles. The molecular weight excluding hydrogens is 317 g/mol. The Hall–Kier alpha value is 0.640. The van der Waals surface area contributed by atoms with Crippen LogP contribution in [-0.2, 0) is 0 Å². The smallest absolute Gasteiger partial charge is 0.275 e. The van der Waals surface area contributed by atoms with E-state index in [0.29, 0.717) is 5.19 Å². The Labute approximate surface area is 78.9 Å². The molecule has 0 aliphatic rings. The molecule has 2 nitrogen and oxygen atoms in total. The Bertz CT molecular complexity index is 195. The summed E-state index contributed by atoms with van der Waals surface area (Å²) in [6, 6.07) is 0. The van der Waals surface area contributed by atoms with Crippen LogP contribution in [0.5, 0.6) is 5.19 Å². The first-order chi connectivity index (χ1) is 4.24. The van der Waals surface area contributed by atoms with Gasteiger partial charge in [-0.25, -0.2) is 0 Å². The average molecular weight is 320 g/mol. The number of halogens is 2. The van der Waals surface area contributed by atoms with Gasteiger partial charge in [0, 0.05) is 0 Å². The molecular formula is C4H3BrINOS. The second-order valence-corrected chi connectivity index (χ2v) is 4.77. The Morgan fingerprint density at radius 1 is 1.78 bits per heavy atom. The number of ether oxygens (including phenoxy) is 1. The van der Waals surface area contributed by atoms with Crippen molar-refractivity contribution >= 4 is 49.9 Å². The maximum Gasteiger partial charge on any atom is 0.275 e. The lowest BCUT2D eigenvalue weighted by atomic mass is 11.0. The molecule has 9 heavy (non-hydrogen) atoms. The highest BCUT2D eigenvalue weighted by Crippen LogP contribution is 2.29. The van der Waals surface area contributed by atoms with E-state index in [1.54, 1.807) is 7.11 Å². The number of thiazole rings is 1. The molecule has 0 unspecified atom stereocenters. The van der Waals surface area contributed by atoms with E-state index < -0.39 is 0 Å². The van der Waals surface area contributed by atoms with Crippen molar-refractivity contribution in [3.8, 4) is 5.19 Å². The molecule has 1 rings (SSSR count). The fraction of sp³-hybridized carbons (Fsp3) is 0.250. The summed E-state index contributed by atoms with van der Waals surface area (Å²) in [5.41, 5.74) is 0. The van der Waals surface area contributed by atoms with Gasteiger partial charge in [0.25, 0.3) is 5.19 Å². The number of hydrogen-bond donors (Lipinski definition) is 0. The molecule has 0 aliphatic carbocycles. The molecule has 0 radical (unpaired) electrons. The molecule has 0 atom stereocenters. The minimum absolute atomic E-state index is 0.700. The van der Waals surface area contributed by atoms with E-state index in [1.165, 1.54) is 11.3 Å². The van der Waals surface area contributed by atoms with Crippen molar-refractivity contribution in [3.05, 3.63) is 7.49 Å². The van der Waals surface area contributed by atoms with Crippen LogP contribution in [0, 0.1) is 2.88 Å². The Kier molecular flexibility index (Phi) is 2.72. The third kappa shape index (κ3) is 1.78. The zero-order valence-corrected chi connectivity index (χ0v) is 9.08. The lowest BCUT2D eigenvalue weighted by Gasteiger charge is -1.84. The van der Waals surface area contributed by atoms with Crippen LogP contribution in [0.4, 0.5) is 0 Å². The van der Waals surface area contributed by atoms with Crippen molar-refractivity contribution in [1.82, 2.24) is 4.98 Å². The van der Waals surface area contributed by atoms with Crippen molar-refractivity contribution in [2.45, 2.75) is 0 Å². The Morgan fingerprint density at radius 3 is 2.67 bits per heavy atom. The van der Waals surface area contributed by atoms with Crippen molar-refractivity contribution in [2.75, 3.05) is 7.11 Å². The van der Waals surface area contributed by atoms with Crippen LogP contribution in [0.2, 0.25) is 0 Å². The third-order valence-electron chi connectivity index (χ3n) is 0.703. The summed E-state index contributed by atoms with van der Waals surface area (Å²) in [5.74, 6) is 0. The minimum atomic E-state index is 0.700. The van der Waals surface area contributed by atoms with E-state index in [9.17, 15) is 0 Å². The van der Waals surface area contributed by atoms with Gasteiger partial charge in [-0.3, -0.25) is 0 Å². The SMILES string of the molecule is COc1nc(Br)c(I)s1. The third-order valence-corrected chi connectivity index (χ3v) is 4.26. The summed E-state index contributed by atoms with van der Waals surface area (Å²) in [7, 11) is 1.61. The van der Waals surface area contributed by atoms with Crippen LogP contribution in [0.15, 0.2) is 4.60 Å². The number of hydrogen-bond acceptors (Lipinski definition) is 3. The predicted octanol–water partition coefficient (Wildman–Crippen LogP) is 2.52. The molecule has 0 saturated carbocycles. The van der Waals surface area contributed by atoms with Crippen LogP contribution >= 0.6 is 49.9 Å². The molecule has 1 heterocycles. The van der Waals surface area contributed by atoms with Gasteiger partial charge in [-0.05, 0) is 38.5 Å². The number of rotatable bonds is 1. The lowest BCUT2D eigenvalue weighted by molar-refractivity contribution is 0.411. The second-order valence-electron chi connectivity index (χ2n) is 1.25. The molecule has 1 aromatic heterocycles. The van der Waals surface area contributed by atoms with Crippen molar-refractivity contribution < 1.29 is 4.74 Å². The quantitative estimate of drug-likeness (QED) is 0.742. The van der Waals surface area contributed by atoms with Crippen LogP contribution in [0.25, 0.3) is 0 Å². The highest BCUT2D eigenvalue weighted by molar-refractivity contribution is 14.1. The van der Waals surface area contributed by atoms with Crippen molar-refractivity contribution in [3.63, 3.8) is 0 Å². The monoisotopic (exact) mass is 319 g/mol. The van der Waals surface area contributed by atoms with E-state index in [1.807, 2.05) is 0 Å². The fourth-order valence-electron chi connectivity index (χ4n) is 0.353. The van der Waals surface area contributed by atoms with Crippen LogP contribution < -0.4 is 4.74 Å². The van der Waals surface area contributed by atoms with Gasteiger partial charge in [-0.1, -0.05) is 11.3 Å². The van der Waals surface area contributed by atoms with E-state index in [0.717, 1.165) is 7.49 Å². The van der Waals surface area contributed by atoms with Gasteiger partial charge in [0.2, 0.25) is 0 Å². The van der Waals surface area contributed by atoms with Gasteiger partial charge in [-0.2, -0.15) is 4.98 Å². The first-order valence-electron chi connectivity index (χ1n) is 2.10. The fourth-order valence-corrected chi connectivity index (χ4v) is 2.06. The van der Waals surface area contributed by atoms with E-state index >= 15 is 0 Å². The number of methoxy groups -OCH3 is 1. The second kappa shape index (κ2) is 3.16. The lowest BCUT2D eigenvalue weighted by Crippen LogP contribution is -1.77. The van der Waals surface area contributed by atoms with Crippen molar-refractivity contribution in [1.29, 1.82) is 0 Å². The molecule has 0 bridgehead atoms. The van der Waals surface area contributed by atoms with Crippen LogP contribution in [0.3, 0.4) is 0 Å². The van der Waals surface area contributed by atoms with E-state index in [-0.39, 0.29) is 0 Å². The summed E-state index contributed by atoms with van der Waals surface area (Å²) in [6.45, 7) is 0. The van der Waals surface area contributed by atoms with Gasteiger partial charge in [0.1, 0.15) is 7.49 Å². The maximum atomic E-state index is 4.89. The maximum absolute atomic E-state index is 4.89. The molecule has 0 amide bonds. The van der Waals surface area contributed by atoms with Crippen LogP contribution in [0.1, 0.15) is 0 Å². The topological polar surface area (TPSA) is 22.1 Å². The number of aromatic nitrogens is 1. The highest BCUT2D eigenvalue weighted by atomic mass is 127. The first-order valence-corrected chi connectivity index (χ1v) is 4.78. The van der Waals surface area contributed by atoms with Gasteiger partial charge < -0.3 is 4.74 Å². The van der Waals surface area contributed by atoms with E-state index in [4.69, 9.17) is 4.74 Å². The zero-order chi connectivity index (χ0) is 6.85. The van der Waals surface area contributed by atoms with Gasteiger partial charge in [0.05, 0.1) is 7.11 Å². The summed E-state index contributed by atoms with van der Waals surface area (Å²) >= 11 is 6.99. The van der Waals surface area contributed by atoms with Gasteiger partial charge in [0.15, 0.2) is 0 Å². The van der Waals surface area contributed by atoms with E-state index in [2.05, 4.69) is 43.5 Å². The summed E-state index contributed by atoms with van der Waals surface area (Å²) in [6.07, 6.45) is 0. The summed E-state index contributed by atoms with van der Waals surface area (Å²) in [4.78, 5) is 4.03. The largest absolute Gasteiger partial charge is 0.473 e. The van der Waals surface area contributed by atoms with Crippen LogP contribution in [-0.4, -0.2) is 12.1 Å². The molecule has 0 spiro atoms. The molecule has 0 saturated heterocycles. The predicted molar refractivity (Wildman–Crippen MR) is 49.1 cm³/mol. The molecule has 0 aromatic carbocycles. The molecule has 5 heteroatoms. The molecule has 50 valence electrons. The molecule has 1 aromatic rings. The standard InChI is InChI=1S/C4H3BrINOS/c1-8-4-7-2(5)3(6)9-4/h1H3. The highest BCUT2D eigenvalue weighted by Gasteiger charge is 2.03. The molecule has 0 N–H and O–H groups in total. The minimum Gasteiger partial charge on any atom is -0.473 e. The van der Waals surface area contributed by atoms with Gasteiger partial charge >= 0.3 is 0 Å². The first kappa shape index (κ1) is 7.74. The number of nitrogens with zero attached hydrogens (tertiary/aromatic N) is 1. The zero-order valence-electron chi connectivity index (χ0n) is 4.52.